The number of aromatic amines is 1. The van der Waals surface area contributed by atoms with Gasteiger partial charge in [0.15, 0.2) is 5.88 Å². The zero-order valence-corrected chi connectivity index (χ0v) is 14.4. The Balaban J connectivity index is 1.76. The number of aryl methyl sites for hydroxylation is 1. The fraction of sp³-hybridized carbons (Fsp3) is 0.190. The fourth-order valence-electron chi connectivity index (χ4n) is 4.04. The van der Waals surface area contributed by atoms with E-state index in [9.17, 15) is 9.90 Å². The number of carbonyl (C=O) groups is 1. The number of rotatable bonds is 2. The van der Waals surface area contributed by atoms with Gasteiger partial charge in [-0.05, 0) is 43.2 Å². The summed E-state index contributed by atoms with van der Waals surface area (Å²) in [6, 6.07) is 13.5. The van der Waals surface area contributed by atoms with Crippen LogP contribution in [0.15, 0.2) is 42.5 Å². The monoisotopic (exact) mass is 346 g/mol. The summed E-state index contributed by atoms with van der Waals surface area (Å²) in [7, 11) is 0. The maximum Gasteiger partial charge on any atom is 0.338 e. The van der Waals surface area contributed by atoms with Crippen molar-refractivity contribution in [1.29, 1.82) is 0 Å². The summed E-state index contributed by atoms with van der Waals surface area (Å²) in [6.45, 7) is 2.88. The number of H-pyrrole nitrogens is 1. The second-order valence-electron chi connectivity index (χ2n) is 6.58. The maximum absolute atomic E-state index is 12.1. The number of carbonyl (C=O) groups excluding carboxylic acids is 1. The van der Waals surface area contributed by atoms with Crippen LogP contribution in [-0.2, 0) is 17.7 Å². The van der Waals surface area contributed by atoms with Crippen LogP contribution in [0.5, 0.6) is 5.88 Å². The average Bonchev–Trinajstić information content (AvgIpc) is 3.17. The first-order chi connectivity index (χ1) is 12.7. The Morgan fingerprint density at radius 2 is 2.00 bits per heavy atom. The van der Waals surface area contributed by atoms with Gasteiger partial charge in [0.05, 0.1) is 23.6 Å². The van der Waals surface area contributed by atoms with E-state index in [1.165, 1.54) is 5.56 Å². The molecule has 5 heteroatoms. The molecule has 130 valence electrons. The lowest BCUT2D eigenvalue weighted by atomic mass is 10.00. The van der Waals surface area contributed by atoms with Crippen molar-refractivity contribution in [3.63, 3.8) is 0 Å². The molecule has 2 N–H and O–H groups in total. The number of hydrogen-bond donors (Lipinski definition) is 2. The number of aromatic nitrogens is 2. The molecule has 4 aromatic rings. The zero-order chi connectivity index (χ0) is 17.8. The zero-order valence-electron chi connectivity index (χ0n) is 14.4. The van der Waals surface area contributed by atoms with Crippen molar-refractivity contribution >= 4 is 27.6 Å². The van der Waals surface area contributed by atoms with E-state index in [-0.39, 0.29) is 5.97 Å². The number of nitrogens with zero attached hydrogens (tertiary/aromatic N) is 1. The van der Waals surface area contributed by atoms with Gasteiger partial charge in [0.25, 0.3) is 0 Å². The molecule has 2 aromatic carbocycles. The number of nitrogens with one attached hydrogen (secondary N) is 1. The predicted molar refractivity (Wildman–Crippen MR) is 101 cm³/mol. The standard InChI is InChI=1S/C21H18N2O3/c1-2-26-21(25)12-7-8-17-16(11-12)13-9-10-23-19(18(13)22-17)14-5-3-4-6-15(14)20(23)24/h3-8,11,22,24H,2,9-10H2,1H3. The van der Waals surface area contributed by atoms with Gasteiger partial charge >= 0.3 is 5.97 Å². The summed E-state index contributed by atoms with van der Waals surface area (Å²) < 4.78 is 7.10. The molecule has 0 saturated heterocycles. The Labute approximate surface area is 149 Å². The summed E-state index contributed by atoms with van der Waals surface area (Å²) in [6.07, 6.45) is 0.795. The highest BCUT2D eigenvalue weighted by Gasteiger charge is 2.26. The first-order valence-electron chi connectivity index (χ1n) is 8.81. The van der Waals surface area contributed by atoms with E-state index in [1.54, 1.807) is 13.0 Å². The van der Waals surface area contributed by atoms with E-state index < -0.39 is 0 Å². The Morgan fingerprint density at radius 1 is 1.19 bits per heavy atom. The molecule has 5 rings (SSSR count). The van der Waals surface area contributed by atoms with E-state index in [0.717, 1.165) is 39.5 Å². The Morgan fingerprint density at radius 3 is 2.81 bits per heavy atom. The maximum atomic E-state index is 12.1. The van der Waals surface area contributed by atoms with Crippen LogP contribution >= 0.6 is 0 Å². The van der Waals surface area contributed by atoms with Crippen molar-refractivity contribution in [1.82, 2.24) is 9.55 Å². The molecular formula is C21H18N2O3. The molecule has 0 radical (unpaired) electrons. The van der Waals surface area contributed by atoms with E-state index in [2.05, 4.69) is 4.98 Å². The minimum absolute atomic E-state index is 0.299. The van der Waals surface area contributed by atoms with Crippen LogP contribution in [0.1, 0.15) is 22.8 Å². The van der Waals surface area contributed by atoms with Gasteiger partial charge in [-0.3, -0.25) is 0 Å². The smallest absolute Gasteiger partial charge is 0.338 e. The van der Waals surface area contributed by atoms with Crippen molar-refractivity contribution in [3.8, 4) is 17.3 Å². The number of benzene rings is 2. The number of aromatic hydroxyl groups is 1. The van der Waals surface area contributed by atoms with Crippen molar-refractivity contribution in [2.45, 2.75) is 19.9 Å². The molecule has 26 heavy (non-hydrogen) atoms. The van der Waals surface area contributed by atoms with Crippen molar-refractivity contribution in [2.24, 2.45) is 0 Å². The van der Waals surface area contributed by atoms with Gasteiger partial charge in [0.2, 0.25) is 0 Å². The number of esters is 1. The molecule has 0 fully saturated rings. The van der Waals surface area contributed by atoms with Crippen molar-refractivity contribution in [3.05, 3.63) is 53.6 Å². The molecule has 5 nitrogen and oxygen atoms in total. The van der Waals surface area contributed by atoms with E-state index in [4.69, 9.17) is 4.74 Å². The summed E-state index contributed by atoms with van der Waals surface area (Å²) in [5, 5.41) is 13.5. The molecule has 1 aliphatic rings. The van der Waals surface area contributed by atoms with E-state index in [0.29, 0.717) is 24.6 Å². The van der Waals surface area contributed by atoms with Gasteiger partial charge in [-0.25, -0.2) is 4.79 Å². The summed E-state index contributed by atoms with van der Waals surface area (Å²) in [5.41, 5.74) is 4.76. The third-order valence-corrected chi connectivity index (χ3v) is 5.19. The lowest BCUT2D eigenvalue weighted by Gasteiger charge is -2.17. The lowest BCUT2D eigenvalue weighted by molar-refractivity contribution is 0.0526. The molecule has 2 aromatic heterocycles. The topological polar surface area (TPSA) is 67.2 Å². The van der Waals surface area contributed by atoms with Gasteiger partial charge in [0, 0.05) is 28.2 Å². The van der Waals surface area contributed by atoms with Gasteiger partial charge < -0.3 is 19.4 Å². The Hall–Kier alpha value is -3.21. The summed E-state index contributed by atoms with van der Waals surface area (Å²) in [4.78, 5) is 15.6. The number of ether oxygens (including phenoxy) is 1. The van der Waals surface area contributed by atoms with Gasteiger partial charge in [-0.2, -0.15) is 0 Å². The molecule has 0 amide bonds. The van der Waals surface area contributed by atoms with Gasteiger partial charge in [-0.1, -0.05) is 18.2 Å². The van der Waals surface area contributed by atoms with E-state index in [1.807, 2.05) is 41.0 Å². The number of fused-ring (bicyclic) bond motifs is 7. The summed E-state index contributed by atoms with van der Waals surface area (Å²) >= 11 is 0. The second-order valence-corrected chi connectivity index (χ2v) is 6.58. The molecule has 0 saturated carbocycles. The van der Waals surface area contributed by atoms with Crippen LogP contribution in [0.4, 0.5) is 0 Å². The predicted octanol–water partition coefficient (Wildman–Crippen LogP) is 4.23. The minimum Gasteiger partial charge on any atom is -0.494 e. The van der Waals surface area contributed by atoms with Gasteiger partial charge in [-0.15, -0.1) is 0 Å². The third-order valence-electron chi connectivity index (χ3n) is 5.19. The molecule has 0 aliphatic carbocycles. The quantitative estimate of drug-likeness (QED) is 0.534. The average molecular weight is 346 g/mol. The Bertz CT molecular complexity index is 1180. The van der Waals surface area contributed by atoms with Crippen LogP contribution in [0.25, 0.3) is 33.1 Å². The third kappa shape index (κ3) is 1.94. The lowest BCUT2D eigenvalue weighted by Crippen LogP contribution is -2.09. The first kappa shape index (κ1) is 15.1. The molecule has 0 unspecified atom stereocenters. The molecule has 0 spiro atoms. The second kappa shape index (κ2) is 5.39. The highest BCUT2D eigenvalue weighted by molar-refractivity contribution is 6.04. The van der Waals surface area contributed by atoms with Crippen molar-refractivity contribution < 1.29 is 14.6 Å². The fourth-order valence-corrected chi connectivity index (χ4v) is 4.04. The van der Waals surface area contributed by atoms with Crippen LogP contribution in [0.2, 0.25) is 0 Å². The van der Waals surface area contributed by atoms with Crippen LogP contribution < -0.4 is 0 Å². The summed E-state index contributed by atoms with van der Waals surface area (Å²) in [5.74, 6) is 0.0127. The molecule has 0 atom stereocenters. The van der Waals surface area contributed by atoms with Crippen LogP contribution in [-0.4, -0.2) is 27.2 Å². The molecule has 3 heterocycles. The molecule has 0 bridgehead atoms. The highest BCUT2D eigenvalue weighted by atomic mass is 16.5. The molecule has 1 aliphatic heterocycles. The van der Waals surface area contributed by atoms with E-state index >= 15 is 0 Å². The first-order valence-corrected chi connectivity index (χ1v) is 8.81. The van der Waals surface area contributed by atoms with Crippen molar-refractivity contribution in [2.75, 3.05) is 6.61 Å². The normalized spacial score (nSPS) is 13.0. The highest BCUT2D eigenvalue weighted by Crippen LogP contribution is 2.43. The number of hydrogen-bond acceptors (Lipinski definition) is 3. The largest absolute Gasteiger partial charge is 0.494 e. The Kier molecular flexibility index (Phi) is 3.13. The van der Waals surface area contributed by atoms with Crippen LogP contribution in [0, 0.1) is 0 Å². The SMILES string of the molecule is CCOC(=O)c1ccc2[nH]c3c(c2c1)CCn1c(O)c2ccccc2c1-3. The van der Waals surface area contributed by atoms with Gasteiger partial charge in [0.1, 0.15) is 0 Å². The minimum atomic E-state index is -0.299. The molecular weight excluding hydrogens is 328 g/mol. The van der Waals surface area contributed by atoms with Crippen LogP contribution in [0.3, 0.4) is 0 Å².